The topological polar surface area (TPSA) is 41.5 Å². The van der Waals surface area contributed by atoms with Gasteiger partial charge in [0.05, 0.1) is 6.10 Å². The maximum atomic E-state index is 9.76. The molecule has 1 aliphatic rings. The fourth-order valence-electron chi connectivity index (χ4n) is 2.50. The number of hydrogen-bond acceptors (Lipinski definition) is 3. The van der Waals surface area contributed by atoms with E-state index in [1.54, 1.807) is 6.07 Å². The average molecular weight is 235 g/mol. The van der Waals surface area contributed by atoms with Crippen LogP contribution < -0.4 is 5.32 Å². The van der Waals surface area contributed by atoms with E-state index in [4.69, 9.17) is 4.74 Å². The summed E-state index contributed by atoms with van der Waals surface area (Å²) in [7, 11) is 0. The number of benzene rings is 1. The lowest BCUT2D eigenvalue weighted by Crippen LogP contribution is -2.29. The Bertz CT molecular complexity index is 378. The molecular formula is C14H21NO2. The number of hydrogen-bond donors (Lipinski definition) is 2. The van der Waals surface area contributed by atoms with E-state index < -0.39 is 0 Å². The van der Waals surface area contributed by atoms with Crippen LogP contribution in [0.25, 0.3) is 0 Å². The van der Waals surface area contributed by atoms with Crippen molar-refractivity contribution in [3.8, 4) is 5.75 Å². The van der Waals surface area contributed by atoms with Crippen molar-refractivity contribution in [1.82, 2.24) is 5.32 Å². The molecule has 94 valence electrons. The zero-order valence-electron chi connectivity index (χ0n) is 10.6. The van der Waals surface area contributed by atoms with Gasteiger partial charge in [0.2, 0.25) is 0 Å². The highest BCUT2D eigenvalue weighted by Gasteiger charge is 2.24. The highest BCUT2D eigenvalue weighted by atomic mass is 16.5. The molecule has 0 bridgehead atoms. The number of phenols is 1. The Morgan fingerprint density at radius 2 is 2.35 bits per heavy atom. The first-order chi connectivity index (χ1) is 8.22. The molecule has 0 radical (unpaired) electrons. The molecule has 3 heteroatoms. The molecule has 2 atom stereocenters. The molecule has 0 heterocycles. The quantitative estimate of drug-likeness (QED) is 0.823. The zero-order chi connectivity index (χ0) is 12.3. The largest absolute Gasteiger partial charge is 0.508 e. The molecule has 0 fully saturated rings. The summed E-state index contributed by atoms with van der Waals surface area (Å²) in [4.78, 5) is 0. The number of phenolic OH excluding ortho intramolecular Hbond substituents is 1. The minimum Gasteiger partial charge on any atom is -0.508 e. The van der Waals surface area contributed by atoms with Crippen LogP contribution in [0.15, 0.2) is 18.2 Å². The molecule has 1 aromatic rings. The third kappa shape index (κ3) is 2.79. The van der Waals surface area contributed by atoms with Gasteiger partial charge >= 0.3 is 0 Å². The molecule has 1 aromatic carbocycles. The summed E-state index contributed by atoms with van der Waals surface area (Å²) in [6, 6.07) is 6.15. The molecule has 0 saturated carbocycles. The molecule has 0 aromatic heterocycles. The molecule has 2 unspecified atom stereocenters. The van der Waals surface area contributed by atoms with Crippen molar-refractivity contribution in [2.45, 2.75) is 38.8 Å². The number of aromatic hydroxyl groups is 1. The highest BCUT2D eigenvalue weighted by Crippen LogP contribution is 2.36. The van der Waals surface area contributed by atoms with Gasteiger partial charge in [0.15, 0.2) is 0 Å². The van der Waals surface area contributed by atoms with Crippen LogP contribution in [0.3, 0.4) is 0 Å². The molecule has 0 aliphatic heterocycles. The van der Waals surface area contributed by atoms with E-state index in [-0.39, 0.29) is 6.10 Å². The predicted octanol–water partition coefficient (Wildman–Crippen LogP) is 2.39. The van der Waals surface area contributed by atoms with Crippen molar-refractivity contribution in [1.29, 1.82) is 0 Å². The Hall–Kier alpha value is -1.06. The Balaban J connectivity index is 1.96. The lowest BCUT2D eigenvalue weighted by molar-refractivity contribution is 0.0739. The average Bonchev–Trinajstić information content (AvgIpc) is 2.72. The van der Waals surface area contributed by atoms with E-state index >= 15 is 0 Å². The standard InChI is InChI=1S/C14H21NO2/c1-3-17-10(2)9-15-13-8-7-12-11(13)5-4-6-14(12)16/h4-6,10,13,15-16H,3,7-9H2,1-2H3. The highest BCUT2D eigenvalue weighted by molar-refractivity contribution is 5.44. The Kier molecular flexibility index (Phi) is 4.02. The van der Waals surface area contributed by atoms with Gasteiger partial charge in [-0.15, -0.1) is 0 Å². The molecule has 0 saturated heterocycles. The molecule has 0 spiro atoms. The van der Waals surface area contributed by atoms with Gasteiger partial charge in [-0.3, -0.25) is 0 Å². The second-order valence-electron chi connectivity index (χ2n) is 4.61. The van der Waals surface area contributed by atoms with E-state index in [9.17, 15) is 5.11 Å². The minimum absolute atomic E-state index is 0.237. The first kappa shape index (κ1) is 12.4. The van der Waals surface area contributed by atoms with Gasteiger partial charge in [-0.2, -0.15) is 0 Å². The minimum atomic E-state index is 0.237. The smallest absolute Gasteiger partial charge is 0.119 e. The van der Waals surface area contributed by atoms with Crippen LogP contribution in [0.4, 0.5) is 0 Å². The monoisotopic (exact) mass is 235 g/mol. The van der Waals surface area contributed by atoms with Gasteiger partial charge in [0, 0.05) is 19.2 Å². The third-order valence-electron chi connectivity index (χ3n) is 3.35. The zero-order valence-corrected chi connectivity index (χ0v) is 10.6. The van der Waals surface area contributed by atoms with Crippen LogP contribution in [0.5, 0.6) is 5.75 Å². The first-order valence-electron chi connectivity index (χ1n) is 6.38. The van der Waals surface area contributed by atoms with Crippen molar-refractivity contribution < 1.29 is 9.84 Å². The van der Waals surface area contributed by atoms with Gasteiger partial charge < -0.3 is 15.2 Å². The maximum Gasteiger partial charge on any atom is 0.119 e. The van der Waals surface area contributed by atoms with E-state index in [0.29, 0.717) is 11.8 Å². The van der Waals surface area contributed by atoms with Gasteiger partial charge in [-0.05, 0) is 43.9 Å². The lowest BCUT2D eigenvalue weighted by atomic mass is 10.1. The summed E-state index contributed by atoms with van der Waals surface area (Å²) < 4.78 is 5.50. The van der Waals surface area contributed by atoms with E-state index in [1.165, 1.54) is 5.56 Å². The number of ether oxygens (including phenoxy) is 1. The van der Waals surface area contributed by atoms with Crippen LogP contribution in [0.2, 0.25) is 0 Å². The third-order valence-corrected chi connectivity index (χ3v) is 3.35. The van der Waals surface area contributed by atoms with Crippen molar-refractivity contribution in [2.75, 3.05) is 13.2 Å². The van der Waals surface area contributed by atoms with Crippen molar-refractivity contribution in [3.63, 3.8) is 0 Å². The summed E-state index contributed by atoms with van der Waals surface area (Å²) >= 11 is 0. The van der Waals surface area contributed by atoms with Crippen molar-refractivity contribution >= 4 is 0 Å². The van der Waals surface area contributed by atoms with Gasteiger partial charge in [0.1, 0.15) is 5.75 Å². The summed E-state index contributed by atoms with van der Waals surface area (Å²) in [6.07, 6.45) is 2.26. The Labute approximate surface area is 103 Å². The molecule has 3 nitrogen and oxygen atoms in total. The fourth-order valence-corrected chi connectivity index (χ4v) is 2.50. The molecule has 2 rings (SSSR count). The first-order valence-corrected chi connectivity index (χ1v) is 6.38. The molecule has 2 N–H and O–H groups in total. The second kappa shape index (κ2) is 5.52. The van der Waals surface area contributed by atoms with Crippen LogP contribution in [0, 0.1) is 0 Å². The summed E-state index contributed by atoms with van der Waals surface area (Å²) in [5.74, 6) is 0.435. The second-order valence-corrected chi connectivity index (χ2v) is 4.61. The van der Waals surface area contributed by atoms with Crippen LogP contribution in [-0.4, -0.2) is 24.4 Å². The maximum absolute atomic E-state index is 9.76. The van der Waals surface area contributed by atoms with Gasteiger partial charge in [-0.1, -0.05) is 12.1 Å². The Morgan fingerprint density at radius 1 is 1.53 bits per heavy atom. The predicted molar refractivity (Wildman–Crippen MR) is 68.3 cm³/mol. The molecule has 1 aliphatic carbocycles. The number of nitrogens with one attached hydrogen (secondary N) is 1. The van der Waals surface area contributed by atoms with Gasteiger partial charge in [-0.25, -0.2) is 0 Å². The van der Waals surface area contributed by atoms with Gasteiger partial charge in [0.25, 0.3) is 0 Å². The normalized spacial score (nSPS) is 20.2. The lowest BCUT2D eigenvalue weighted by Gasteiger charge is -2.18. The summed E-state index contributed by atoms with van der Waals surface area (Å²) in [5.41, 5.74) is 2.35. The Morgan fingerprint density at radius 3 is 3.12 bits per heavy atom. The van der Waals surface area contributed by atoms with Crippen LogP contribution in [-0.2, 0) is 11.2 Å². The summed E-state index contributed by atoms with van der Waals surface area (Å²) in [6.45, 7) is 5.70. The number of fused-ring (bicyclic) bond motifs is 1. The van der Waals surface area contributed by atoms with Crippen molar-refractivity contribution in [3.05, 3.63) is 29.3 Å². The van der Waals surface area contributed by atoms with E-state index in [1.807, 2.05) is 13.0 Å². The van der Waals surface area contributed by atoms with E-state index in [0.717, 1.165) is 31.6 Å². The van der Waals surface area contributed by atoms with Crippen LogP contribution in [0.1, 0.15) is 37.4 Å². The van der Waals surface area contributed by atoms with Crippen molar-refractivity contribution in [2.24, 2.45) is 0 Å². The molecular weight excluding hydrogens is 214 g/mol. The molecule has 0 amide bonds. The number of rotatable bonds is 5. The van der Waals surface area contributed by atoms with Crippen LogP contribution >= 0.6 is 0 Å². The van der Waals surface area contributed by atoms with E-state index in [2.05, 4.69) is 18.3 Å². The molecule has 17 heavy (non-hydrogen) atoms. The SMILES string of the molecule is CCOC(C)CNC1CCc2c(O)cccc21. The fraction of sp³-hybridized carbons (Fsp3) is 0.571. The summed E-state index contributed by atoms with van der Waals surface area (Å²) in [5, 5.41) is 13.3.